The number of nitrogens with one attached hydrogen (secondary N) is 2. The van der Waals surface area contributed by atoms with Crippen molar-refractivity contribution in [2.45, 2.75) is 24.9 Å². The monoisotopic (exact) mass is 438 g/mol. The van der Waals surface area contributed by atoms with E-state index in [1.54, 1.807) is 17.3 Å². The Morgan fingerprint density at radius 1 is 1.26 bits per heavy atom. The Morgan fingerprint density at radius 3 is 2.81 bits per heavy atom. The number of esters is 1. The predicted molar refractivity (Wildman–Crippen MR) is 117 cm³/mol. The van der Waals surface area contributed by atoms with E-state index in [-0.39, 0.29) is 6.03 Å². The topological polar surface area (TPSA) is 87.3 Å². The number of fused-ring (bicyclic) bond motifs is 1. The maximum absolute atomic E-state index is 13.4. The average Bonchev–Trinajstić information content (AvgIpc) is 3.27. The van der Waals surface area contributed by atoms with E-state index in [0.29, 0.717) is 24.4 Å². The van der Waals surface area contributed by atoms with Gasteiger partial charge in [-0.3, -0.25) is 0 Å². The number of halogens is 1. The number of carbonyl (C=O) groups is 2. The molecular weight excluding hydrogens is 416 g/mol. The molecule has 1 unspecified atom stereocenters. The Hall–Kier alpha value is -3.32. The fourth-order valence-corrected chi connectivity index (χ4v) is 4.13. The summed E-state index contributed by atoms with van der Waals surface area (Å²) in [5.41, 5.74) is 3.55. The maximum atomic E-state index is 13.4. The van der Waals surface area contributed by atoms with Crippen molar-refractivity contribution in [2.24, 2.45) is 0 Å². The van der Waals surface area contributed by atoms with E-state index in [1.165, 1.54) is 7.11 Å². The van der Waals surface area contributed by atoms with Crippen LogP contribution in [0.5, 0.6) is 0 Å². The summed E-state index contributed by atoms with van der Waals surface area (Å²) in [5.74, 6) is -0.492. The van der Waals surface area contributed by atoms with Gasteiger partial charge in [0.25, 0.3) is 0 Å². The number of benzene rings is 2. The minimum Gasteiger partial charge on any atom is -0.467 e. The first-order valence-electron chi connectivity index (χ1n) is 10.0. The van der Waals surface area contributed by atoms with Crippen molar-refractivity contribution in [1.29, 1.82) is 0 Å². The van der Waals surface area contributed by atoms with Crippen LogP contribution >= 0.6 is 11.6 Å². The van der Waals surface area contributed by atoms with E-state index >= 15 is 0 Å². The number of H-pyrrole nitrogens is 1. The molecule has 0 aliphatic carbocycles. The van der Waals surface area contributed by atoms with Gasteiger partial charge < -0.3 is 19.9 Å². The lowest BCUT2D eigenvalue weighted by Crippen LogP contribution is -2.52. The molecular formula is C23H23ClN4O3. The predicted octanol–water partition coefficient (Wildman–Crippen LogP) is 3.50. The van der Waals surface area contributed by atoms with Crippen molar-refractivity contribution in [2.75, 3.05) is 13.7 Å². The van der Waals surface area contributed by atoms with Gasteiger partial charge in [-0.15, -0.1) is 0 Å². The zero-order valence-electron chi connectivity index (χ0n) is 17.0. The molecule has 0 fully saturated rings. The zero-order chi connectivity index (χ0) is 21.8. The highest BCUT2D eigenvalue weighted by molar-refractivity contribution is 6.30. The van der Waals surface area contributed by atoms with E-state index in [1.807, 2.05) is 48.5 Å². The molecule has 2 aromatic carbocycles. The summed E-state index contributed by atoms with van der Waals surface area (Å²) in [7, 11) is 1.32. The molecule has 8 heteroatoms. The molecule has 3 aromatic rings. The number of methoxy groups -OCH3 is 1. The van der Waals surface area contributed by atoms with Crippen molar-refractivity contribution in [3.63, 3.8) is 0 Å². The van der Waals surface area contributed by atoms with Crippen LogP contribution in [0, 0.1) is 0 Å². The Bertz CT molecular complexity index is 1070. The van der Waals surface area contributed by atoms with Crippen molar-refractivity contribution in [3.05, 3.63) is 88.5 Å². The van der Waals surface area contributed by atoms with Gasteiger partial charge in [0, 0.05) is 30.1 Å². The van der Waals surface area contributed by atoms with Crippen molar-refractivity contribution < 1.29 is 14.3 Å². The molecule has 0 spiro atoms. The third-order valence-electron chi connectivity index (χ3n) is 5.42. The quantitative estimate of drug-likeness (QED) is 0.597. The lowest BCUT2D eigenvalue weighted by Gasteiger charge is -2.36. The van der Waals surface area contributed by atoms with Crippen LogP contribution in [0.4, 0.5) is 4.79 Å². The third kappa shape index (κ3) is 4.56. The van der Waals surface area contributed by atoms with Crippen molar-refractivity contribution >= 4 is 23.6 Å². The van der Waals surface area contributed by atoms with Crippen molar-refractivity contribution in [3.8, 4) is 0 Å². The molecule has 2 N–H and O–H groups in total. The first-order chi connectivity index (χ1) is 15.1. The molecule has 0 saturated carbocycles. The number of rotatable bonds is 5. The summed E-state index contributed by atoms with van der Waals surface area (Å²) in [5, 5.41) is 3.45. The van der Waals surface area contributed by atoms with Gasteiger partial charge in [-0.1, -0.05) is 54.1 Å². The molecule has 1 aliphatic heterocycles. The molecule has 2 amide bonds. The van der Waals surface area contributed by atoms with Crippen LogP contribution in [0.2, 0.25) is 5.02 Å². The van der Waals surface area contributed by atoms with E-state index in [9.17, 15) is 9.59 Å². The molecule has 0 saturated heterocycles. The largest absolute Gasteiger partial charge is 0.467 e. The van der Waals surface area contributed by atoms with Crippen LogP contribution in [0.25, 0.3) is 0 Å². The first-order valence-corrected chi connectivity index (χ1v) is 10.4. The molecule has 2 heterocycles. The minimum atomic E-state index is -0.805. The van der Waals surface area contributed by atoms with Crippen LogP contribution in [0.1, 0.15) is 28.6 Å². The number of imidazole rings is 1. The molecule has 1 aliphatic rings. The highest BCUT2D eigenvalue weighted by atomic mass is 35.5. The highest BCUT2D eigenvalue weighted by Crippen LogP contribution is 2.34. The van der Waals surface area contributed by atoms with Gasteiger partial charge in [0.05, 0.1) is 19.1 Å². The van der Waals surface area contributed by atoms with E-state index < -0.39 is 18.1 Å². The molecule has 0 bridgehead atoms. The van der Waals surface area contributed by atoms with E-state index in [4.69, 9.17) is 16.3 Å². The summed E-state index contributed by atoms with van der Waals surface area (Å²) in [6.45, 7) is 0.470. The van der Waals surface area contributed by atoms with Gasteiger partial charge in [0.15, 0.2) is 0 Å². The second kappa shape index (κ2) is 9.22. The fourth-order valence-electron chi connectivity index (χ4n) is 3.93. The zero-order valence-corrected chi connectivity index (χ0v) is 17.8. The van der Waals surface area contributed by atoms with Gasteiger partial charge in [0.2, 0.25) is 0 Å². The number of aromatic nitrogens is 2. The van der Waals surface area contributed by atoms with Gasteiger partial charge in [-0.25, -0.2) is 14.6 Å². The van der Waals surface area contributed by atoms with Crippen LogP contribution in [-0.4, -0.2) is 46.6 Å². The fraction of sp³-hybridized carbons (Fsp3) is 0.261. The van der Waals surface area contributed by atoms with Crippen LogP contribution < -0.4 is 5.32 Å². The van der Waals surface area contributed by atoms with Crippen molar-refractivity contribution in [1.82, 2.24) is 20.2 Å². The summed E-state index contributed by atoms with van der Waals surface area (Å²) < 4.78 is 4.94. The average molecular weight is 439 g/mol. The van der Waals surface area contributed by atoms with Gasteiger partial charge in [-0.05, 0) is 23.3 Å². The van der Waals surface area contributed by atoms with Gasteiger partial charge in [-0.2, -0.15) is 0 Å². The number of urea groups is 1. The van der Waals surface area contributed by atoms with Crippen LogP contribution in [-0.2, 0) is 22.4 Å². The number of aromatic amines is 1. The molecule has 160 valence electrons. The summed E-state index contributed by atoms with van der Waals surface area (Å²) in [6.07, 6.45) is 2.61. The Kier molecular flexibility index (Phi) is 6.23. The SMILES string of the molecule is COC(=O)[C@H](Cc1ccccc1)NC(=O)N1CCc2[nH]cnc2C1c1cccc(Cl)c1. The molecule has 31 heavy (non-hydrogen) atoms. The Balaban J connectivity index is 1.61. The molecule has 1 aromatic heterocycles. The number of carbonyl (C=O) groups excluding carboxylic acids is 2. The normalized spacial score (nSPS) is 16.3. The third-order valence-corrected chi connectivity index (χ3v) is 5.65. The molecule has 4 rings (SSSR count). The highest BCUT2D eigenvalue weighted by Gasteiger charge is 2.36. The summed E-state index contributed by atoms with van der Waals surface area (Å²) >= 11 is 6.22. The first kappa shape index (κ1) is 20.9. The second-order valence-corrected chi connectivity index (χ2v) is 7.82. The number of ether oxygens (including phenoxy) is 1. The summed E-state index contributed by atoms with van der Waals surface area (Å²) in [6, 6.07) is 15.3. The smallest absolute Gasteiger partial charge is 0.328 e. The molecule has 7 nitrogen and oxygen atoms in total. The number of nitrogens with zero attached hydrogens (tertiary/aromatic N) is 2. The Morgan fingerprint density at radius 2 is 2.06 bits per heavy atom. The lowest BCUT2D eigenvalue weighted by molar-refractivity contribution is -0.142. The molecule has 0 radical (unpaired) electrons. The maximum Gasteiger partial charge on any atom is 0.328 e. The molecule has 2 atom stereocenters. The summed E-state index contributed by atoms with van der Waals surface area (Å²) in [4.78, 5) is 35.1. The standard InChI is InChI=1S/C23H23ClN4O3/c1-31-22(29)19(12-15-6-3-2-4-7-15)27-23(30)28-11-10-18-20(26-14-25-18)21(28)16-8-5-9-17(24)13-16/h2-9,13-14,19,21H,10-12H2,1H3,(H,25,26)(H,27,30)/t19-,21?/m0/s1. The number of hydrogen-bond donors (Lipinski definition) is 2. The Labute approximate surface area is 185 Å². The van der Waals surface area contributed by atoms with Gasteiger partial charge >= 0.3 is 12.0 Å². The van der Waals surface area contributed by atoms with Crippen LogP contribution in [0.3, 0.4) is 0 Å². The number of hydrogen-bond acceptors (Lipinski definition) is 4. The second-order valence-electron chi connectivity index (χ2n) is 7.38. The van der Waals surface area contributed by atoms with E-state index in [0.717, 1.165) is 22.5 Å². The van der Waals surface area contributed by atoms with Gasteiger partial charge in [0.1, 0.15) is 12.1 Å². The lowest BCUT2D eigenvalue weighted by atomic mass is 9.96. The van der Waals surface area contributed by atoms with E-state index in [2.05, 4.69) is 15.3 Å². The number of amides is 2. The minimum absolute atomic E-state index is 0.336. The van der Waals surface area contributed by atoms with Crippen LogP contribution in [0.15, 0.2) is 60.9 Å².